The van der Waals surface area contributed by atoms with Crippen molar-refractivity contribution >= 4 is 11.9 Å². The highest BCUT2D eigenvalue weighted by Crippen LogP contribution is 2.37. The predicted octanol–water partition coefficient (Wildman–Crippen LogP) is 2.09. The van der Waals surface area contributed by atoms with Gasteiger partial charge in [0.2, 0.25) is 5.91 Å². The molecule has 3 rings (SSSR count). The van der Waals surface area contributed by atoms with Crippen molar-refractivity contribution in [3.63, 3.8) is 0 Å². The van der Waals surface area contributed by atoms with Crippen molar-refractivity contribution in [2.24, 2.45) is 11.8 Å². The van der Waals surface area contributed by atoms with Crippen molar-refractivity contribution in [3.05, 3.63) is 35.9 Å². The highest BCUT2D eigenvalue weighted by atomic mass is 16.5. The van der Waals surface area contributed by atoms with Crippen LogP contribution in [-0.2, 0) is 14.3 Å². The second kappa shape index (κ2) is 6.08. The minimum Gasteiger partial charge on any atom is -0.481 e. The van der Waals surface area contributed by atoms with Crippen molar-refractivity contribution < 1.29 is 19.4 Å². The molecule has 0 radical (unpaired) electrons. The lowest BCUT2D eigenvalue weighted by molar-refractivity contribution is -0.163. The summed E-state index contributed by atoms with van der Waals surface area (Å²) in [6, 6.07) is 9.85. The molecule has 1 heterocycles. The summed E-state index contributed by atoms with van der Waals surface area (Å²) in [5.74, 6) is -1.76. The van der Waals surface area contributed by atoms with E-state index in [0.29, 0.717) is 25.9 Å². The summed E-state index contributed by atoms with van der Waals surface area (Å²) in [6.07, 6.45) is 1.09. The Morgan fingerprint density at radius 2 is 1.82 bits per heavy atom. The van der Waals surface area contributed by atoms with E-state index in [1.807, 2.05) is 37.3 Å². The molecule has 1 amide bonds. The Labute approximate surface area is 129 Å². The Morgan fingerprint density at radius 1 is 1.14 bits per heavy atom. The van der Waals surface area contributed by atoms with Gasteiger partial charge < -0.3 is 14.7 Å². The minimum atomic E-state index is -0.856. The van der Waals surface area contributed by atoms with Crippen molar-refractivity contribution in [2.45, 2.75) is 32.0 Å². The van der Waals surface area contributed by atoms with E-state index in [2.05, 4.69) is 0 Å². The quantitative estimate of drug-likeness (QED) is 0.928. The molecule has 1 aliphatic carbocycles. The fraction of sp³-hybridized carbons (Fsp3) is 0.529. The van der Waals surface area contributed by atoms with Crippen LogP contribution in [0.1, 0.15) is 31.4 Å². The first-order chi connectivity index (χ1) is 10.6. The molecule has 0 aromatic heterocycles. The van der Waals surface area contributed by atoms with E-state index in [4.69, 9.17) is 9.84 Å². The first kappa shape index (κ1) is 15.0. The molecule has 1 aromatic rings. The van der Waals surface area contributed by atoms with Gasteiger partial charge in [0.25, 0.3) is 0 Å². The molecule has 5 nitrogen and oxygen atoms in total. The van der Waals surface area contributed by atoms with E-state index in [0.717, 1.165) is 5.56 Å². The zero-order chi connectivity index (χ0) is 15.7. The fourth-order valence-corrected chi connectivity index (χ4v) is 3.31. The Balaban J connectivity index is 1.71. The van der Waals surface area contributed by atoms with Gasteiger partial charge in [0.05, 0.1) is 24.5 Å². The molecule has 2 fully saturated rings. The molecule has 1 N–H and O–H groups in total. The van der Waals surface area contributed by atoms with Crippen LogP contribution >= 0.6 is 0 Å². The predicted molar refractivity (Wildman–Crippen MR) is 80.2 cm³/mol. The summed E-state index contributed by atoms with van der Waals surface area (Å²) in [4.78, 5) is 25.5. The monoisotopic (exact) mass is 303 g/mol. The van der Waals surface area contributed by atoms with Gasteiger partial charge in [-0.3, -0.25) is 9.59 Å². The first-order valence-electron chi connectivity index (χ1n) is 7.78. The number of aliphatic carboxylic acids is 1. The minimum absolute atomic E-state index is 0.0327. The van der Waals surface area contributed by atoms with E-state index in [9.17, 15) is 9.59 Å². The number of carboxylic acids is 1. The number of carbonyl (C=O) groups is 2. The van der Waals surface area contributed by atoms with Crippen LogP contribution in [0.15, 0.2) is 30.3 Å². The molecule has 1 aromatic carbocycles. The van der Waals surface area contributed by atoms with Crippen molar-refractivity contribution in [1.82, 2.24) is 4.90 Å². The van der Waals surface area contributed by atoms with Crippen molar-refractivity contribution in [3.8, 4) is 0 Å². The number of nitrogens with zero attached hydrogens (tertiary/aromatic N) is 1. The Hall–Kier alpha value is -1.88. The number of benzene rings is 1. The molecule has 1 saturated heterocycles. The van der Waals surface area contributed by atoms with Crippen LogP contribution in [0.3, 0.4) is 0 Å². The number of morpholine rings is 1. The fourth-order valence-electron chi connectivity index (χ4n) is 3.31. The zero-order valence-corrected chi connectivity index (χ0v) is 12.6. The Bertz CT molecular complexity index is 559. The Morgan fingerprint density at radius 3 is 2.41 bits per heavy atom. The van der Waals surface area contributed by atoms with Crippen molar-refractivity contribution in [2.75, 3.05) is 13.1 Å². The highest BCUT2D eigenvalue weighted by Gasteiger charge is 2.44. The van der Waals surface area contributed by atoms with Crippen LogP contribution in [0.4, 0.5) is 0 Å². The molecule has 1 saturated carbocycles. The molecule has 5 heteroatoms. The topological polar surface area (TPSA) is 66.8 Å². The summed E-state index contributed by atoms with van der Waals surface area (Å²) in [7, 11) is 0. The third-order valence-corrected chi connectivity index (χ3v) is 4.65. The van der Waals surface area contributed by atoms with Gasteiger partial charge in [0.1, 0.15) is 6.10 Å². The van der Waals surface area contributed by atoms with Crippen LogP contribution in [-0.4, -0.2) is 41.1 Å². The summed E-state index contributed by atoms with van der Waals surface area (Å²) in [5.41, 5.74) is 1.05. The summed E-state index contributed by atoms with van der Waals surface area (Å²) < 4.78 is 5.95. The van der Waals surface area contributed by atoms with Gasteiger partial charge in [-0.1, -0.05) is 30.3 Å². The number of rotatable bonds is 3. The van der Waals surface area contributed by atoms with Gasteiger partial charge in [-0.25, -0.2) is 0 Å². The number of hydrogen-bond donors (Lipinski definition) is 1. The molecule has 2 aliphatic rings. The van der Waals surface area contributed by atoms with E-state index in [-0.39, 0.29) is 24.0 Å². The lowest BCUT2D eigenvalue weighted by atomic mass is 9.72. The molecule has 118 valence electrons. The molecule has 0 spiro atoms. The molecule has 4 atom stereocenters. The van der Waals surface area contributed by atoms with Gasteiger partial charge in [0, 0.05) is 6.54 Å². The summed E-state index contributed by atoms with van der Waals surface area (Å²) in [5, 5.41) is 9.14. The number of amides is 1. The van der Waals surface area contributed by atoms with Gasteiger partial charge in [-0.05, 0) is 25.3 Å². The summed E-state index contributed by atoms with van der Waals surface area (Å²) in [6.45, 7) is 2.98. The normalized spacial score (nSPS) is 31.4. The average Bonchev–Trinajstić information content (AvgIpc) is 2.45. The SMILES string of the molecule is CC1CN(C(=O)C2CCC2C(=O)O)CC(c2ccccc2)O1. The molecular formula is C17H21NO4. The molecular weight excluding hydrogens is 282 g/mol. The maximum absolute atomic E-state index is 12.6. The summed E-state index contributed by atoms with van der Waals surface area (Å²) >= 11 is 0. The number of carboxylic acid groups (broad SMARTS) is 1. The van der Waals surface area contributed by atoms with Crippen LogP contribution in [0.2, 0.25) is 0 Å². The Kier molecular flexibility index (Phi) is 4.16. The van der Waals surface area contributed by atoms with Gasteiger partial charge in [0.15, 0.2) is 0 Å². The van der Waals surface area contributed by atoms with Crippen LogP contribution in [0, 0.1) is 11.8 Å². The average molecular weight is 303 g/mol. The lowest BCUT2D eigenvalue weighted by Gasteiger charge is -2.41. The van der Waals surface area contributed by atoms with Crippen LogP contribution < -0.4 is 0 Å². The van der Waals surface area contributed by atoms with Crippen molar-refractivity contribution in [1.29, 1.82) is 0 Å². The number of hydrogen-bond acceptors (Lipinski definition) is 3. The second-order valence-corrected chi connectivity index (χ2v) is 6.22. The smallest absolute Gasteiger partial charge is 0.307 e. The van der Waals surface area contributed by atoms with Crippen LogP contribution in [0.5, 0.6) is 0 Å². The van der Waals surface area contributed by atoms with Gasteiger partial charge >= 0.3 is 5.97 Å². The molecule has 0 bridgehead atoms. The largest absolute Gasteiger partial charge is 0.481 e. The van der Waals surface area contributed by atoms with E-state index < -0.39 is 11.9 Å². The lowest BCUT2D eigenvalue weighted by Crippen LogP contribution is -2.52. The van der Waals surface area contributed by atoms with E-state index in [1.165, 1.54) is 0 Å². The van der Waals surface area contributed by atoms with Gasteiger partial charge in [-0.15, -0.1) is 0 Å². The van der Waals surface area contributed by atoms with E-state index >= 15 is 0 Å². The number of ether oxygens (including phenoxy) is 1. The third kappa shape index (κ3) is 2.86. The standard InChI is InChI=1S/C17H21NO4/c1-11-9-18(16(19)13-7-8-14(13)17(20)21)10-15(22-11)12-5-3-2-4-6-12/h2-6,11,13-15H,7-10H2,1H3,(H,20,21). The number of carbonyl (C=O) groups excluding carboxylic acids is 1. The second-order valence-electron chi connectivity index (χ2n) is 6.22. The maximum atomic E-state index is 12.6. The molecule has 22 heavy (non-hydrogen) atoms. The van der Waals surface area contributed by atoms with Gasteiger partial charge in [-0.2, -0.15) is 0 Å². The molecule has 1 aliphatic heterocycles. The first-order valence-corrected chi connectivity index (χ1v) is 7.78. The zero-order valence-electron chi connectivity index (χ0n) is 12.6. The van der Waals surface area contributed by atoms with E-state index in [1.54, 1.807) is 4.90 Å². The van der Waals surface area contributed by atoms with Crippen LogP contribution in [0.25, 0.3) is 0 Å². The maximum Gasteiger partial charge on any atom is 0.307 e. The molecule has 4 unspecified atom stereocenters. The third-order valence-electron chi connectivity index (χ3n) is 4.65. The highest BCUT2D eigenvalue weighted by molar-refractivity contribution is 5.86.